The molecule has 0 fully saturated rings. The second-order valence-corrected chi connectivity index (χ2v) is 4.80. The van der Waals surface area contributed by atoms with Gasteiger partial charge in [-0.25, -0.2) is 0 Å². The topological polar surface area (TPSA) is 69.2 Å². The van der Waals surface area contributed by atoms with Crippen LogP contribution in [-0.4, -0.2) is 22.7 Å². The number of amides is 1. The summed E-state index contributed by atoms with van der Waals surface area (Å²) in [6, 6.07) is -0.968. The second kappa shape index (κ2) is 6.71. The Hall–Kier alpha value is 0.290. The third-order valence-electron chi connectivity index (χ3n) is 1.37. The minimum absolute atomic E-state index is 0. The molecule has 0 aliphatic carbocycles. The molecule has 0 heterocycles. The molecule has 4 nitrogen and oxygen atoms in total. The van der Waals surface area contributed by atoms with E-state index < -0.39 is 16.8 Å². The summed E-state index contributed by atoms with van der Waals surface area (Å²) in [7, 11) is 0. The molecule has 0 rings (SSSR count). The molecule has 1 atom stereocenters. The minimum Gasteiger partial charge on any atom is -0.548 e. The molecule has 0 bridgehead atoms. The van der Waals surface area contributed by atoms with Crippen LogP contribution in [0.5, 0.6) is 0 Å². The zero-order valence-corrected chi connectivity index (χ0v) is 11.9. The molecule has 0 aromatic carbocycles. The fraction of sp³-hybridized carbons (Fsp3) is 0.750. The standard InChI is InChI=1S/C8H15NO3S.Na/c1-5(10)9-6(7(11)12)4-8(2,3)13;/h6,13H,4H2,1-3H3,(H,9,10)(H,11,12);/q;+1/p-1. The van der Waals surface area contributed by atoms with E-state index in [1.807, 2.05) is 0 Å². The van der Waals surface area contributed by atoms with Crippen LogP contribution in [-0.2, 0) is 9.59 Å². The van der Waals surface area contributed by atoms with Gasteiger partial charge < -0.3 is 15.2 Å². The van der Waals surface area contributed by atoms with E-state index in [2.05, 4.69) is 17.9 Å². The van der Waals surface area contributed by atoms with Crippen LogP contribution in [0, 0.1) is 0 Å². The van der Waals surface area contributed by atoms with Crippen LogP contribution in [0.4, 0.5) is 0 Å². The number of carbonyl (C=O) groups is 2. The number of hydrogen-bond acceptors (Lipinski definition) is 4. The third kappa shape index (κ3) is 8.87. The van der Waals surface area contributed by atoms with Crippen molar-refractivity contribution in [1.82, 2.24) is 5.32 Å². The number of thiol groups is 1. The minimum atomic E-state index is -1.28. The molecule has 0 aromatic heterocycles. The fourth-order valence-corrected chi connectivity index (χ4v) is 1.12. The van der Waals surface area contributed by atoms with Crippen molar-refractivity contribution in [2.45, 2.75) is 38.0 Å². The predicted octanol–water partition coefficient (Wildman–Crippen LogP) is -3.66. The maximum atomic E-state index is 10.6. The quantitative estimate of drug-likeness (QED) is 0.384. The van der Waals surface area contributed by atoms with Gasteiger partial charge in [0.1, 0.15) is 0 Å². The summed E-state index contributed by atoms with van der Waals surface area (Å²) >= 11 is 4.17. The predicted molar refractivity (Wildman–Crippen MR) is 50.3 cm³/mol. The van der Waals surface area contributed by atoms with Crippen molar-refractivity contribution in [2.24, 2.45) is 0 Å². The van der Waals surface area contributed by atoms with E-state index in [1.54, 1.807) is 13.8 Å². The Kier molecular flexibility index (Phi) is 8.01. The summed E-state index contributed by atoms with van der Waals surface area (Å²) in [5.41, 5.74) is 0. The van der Waals surface area contributed by atoms with E-state index in [1.165, 1.54) is 6.92 Å². The molecular weight excluding hydrogens is 213 g/mol. The van der Waals surface area contributed by atoms with E-state index in [0.29, 0.717) is 0 Å². The molecule has 0 aromatic rings. The molecule has 0 aliphatic heterocycles. The van der Waals surface area contributed by atoms with E-state index >= 15 is 0 Å². The summed E-state index contributed by atoms with van der Waals surface area (Å²) < 4.78 is -0.451. The van der Waals surface area contributed by atoms with Crippen molar-refractivity contribution in [3.63, 3.8) is 0 Å². The van der Waals surface area contributed by atoms with Gasteiger partial charge in [-0.15, -0.1) is 0 Å². The van der Waals surface area contributed by atoms with Gasteiger partial charge in [-0.05, 0) is 6.42 Å². The molecule has 1 N–H and O–H groups in total. The van der Waals surface area contributed by atoms with E-state index in [-0.39, 0.29) is 41.9 Å². The Morgan fingerprint density at radius 1 is 1.50 bits per heavy atom. The number of carbonyl (C=O) groups excluding carboxylic acids is 2. The van der Waals surface area contributed by atoms with Gasteiger partial charge in [0.15, 0.2) is 0 Å². The maximum Gasteiger partial charge on any atom is 1.00 e. The van der Waals surface area contributed by atoms with Crippen molar-refractivity contribution in [1.29, 1.82) is 0 Å². The number of hydrogen-bond donors (Lipinski definition) is 2. The van der Waals surface area contributed by atoms with Crippen LogP contribution in [0.3, 0.4) is 0 Å². The molecule has 0 saturated heterocycles. The number of carboxylic acids is 1. The van der Waals surface area contributed by atoms with Crippen LogP contribution in [0.25, 0.3) is 0 Å². The van der Waals surface area contributed by atoms with Crippen molar-refractivity contribution in [3.8, 4) is 0 Å². The Balaban J connectivity index is 0. The number of carboxylic acid groups (broad SMARTS) is 1. The molecule has 1 amide bonds. The molecule has 14 heavy (non-hydrogen) atoms. The smallest absolute Gasteiger partial charge is 0.548 e. The van der Waals surface area contributed by atoms with Crippen molar-refractivity contribution < 1.29 is 44.3 Å². The van der Waals surface area contributed by atoms with Gasteiger partial charge in [0.2, 0.25) is 5.91 Å². The van der Waals surface area contributed by atoms with Crippen LogP contribution in [0.2, 0.25) is 0 Å². The summed E-state index contributed by atoms with van der Waals surface area (Å²) in [4.78, 5) is 21.2. The molecular formula is C8H14NNaO3S. The molecule has 6 heteroatoms. The van der Waals surface area contributed by atoms with Gasteiger partial charge in [-0.2, -0.15) is 12.6 Å². The average Bonchev–Trinajstić information content (AvgIpc) is 1.81. The Labute approximate surface area is 112 Å². The molecule has 0 radical (unpaired) electrons. The van der Waals surface area contributed by atoms with E-state index in [9.17, 15) is 14.7 Å². The van der Waals surface area contributed by atoms with Crippen LogP contribution >= 0.6 is 12.6 Å². The average molecular weight is 227 g/mol. The Morgan fingerprint density at radius 3 is 2.14 bits per heavy atom. The molecule has 0 saturated carbocycles. The van der Waals surface area contributed by atoms with Crippen LogP contribution in [0.1, 0.15) is 27.2 Å². The summed E-state index contributed by atoms with van der Waals surface area (Å²) in [6.45, 7) is 4.81. The van der Waals surface area contributed by atoms with Crippen molar-refractivity contribution in [3.05, 3.63) is 0 Å². The third-order valence-corrected chi connectivity index (χ3v) is 1.55. The van der Waals surface area contributed by atoms with Crippen LogP contribution < -0.4 is 40.0 Å². The van der Waals surface area contributed by atoms with E-state index in [0.717, 1.165) is 0 Å². The van der Waals surface area contributed by atoms with Crippen LogP contribution in [0.15, 0.2) is 0 Å². The SMILES string of the molecule is CC(=O)NC(CC(C)(C)S)C(=O)[O-].[Na+]. The van der Waals surface area contributed by atoms with E-state index in [4.69, 9.17) is 0 Å². The number of aliphatic carboxylic acids is 1. The first-order valence-electron chi connectivity index (χ1n) is 3.93. The normalized spacial score (nSPS) is 12.6. The second-order valence-electron chi connectivity index (χ2n) is 3.59. The molecule has 0 aliphatic rings. The molecule has 1 unspecified atom stereocenters. The number of nitrogens with one attached hydrogen (secondary N) is 1. The maximum absolute atomic E-state index is 10.6. The molecule has 0 spiro atoms. The fourth-order valence-electron chi connectivity index (χ4n) is 0.938. The summed E-state index contributed by atoms with van der Waals surface area (Å²) in [5, 5.41) is 12.8. The first kappa shape index (κ1) is 16.7. The zero-order chi connectivity index (χ0) is 10.6. The first-order chi connectivity index (χ1) is 5.72. The van der Waals surface area contributed by atoms with Crippen molar-refractivity contribution in [2.75, 3.05) is 0 Å². The monoisotopic (exact) mass is 227 g/mol. The van der Waals surface area contributed by atoms with Gasteiger partial charge in [-0.3, -0.25) is 4.79 Å². The Bertz CT molecular complexity index is 215. The zero-order valence-electron chi connectivity index (χ0n) is 8.96. The number of rotatable bonds is 4. The van der Waals surface area contributed by atoms with Gasteiger partial charge in [0.05, 0.1) is 12.0 Å². The van der Waals surface area contributed by atoms with Crippen molar-refractivity contribution >= 4 is 24.5 Å². The molecule has 76 valence electrons. The van der Waals surface area contributed by atoms with Gasteiger partial charge >= 0.3 is 29.6 Å². The summed E-state index contributed by atoms with van der Waals surface area (Å²) in [6.07, 6.45) is 0.234. The van der Waals surface area contributed by atoms with Gasteiger partial charge in [-0.1, -0.05) is 13.8 Å². The summed E-state index contributed by atoms with van der Waals surface area (Å²) in [5.74, 6) is -1.66. The van der Waals surface area contributed by atoms with Gasteiger partial charge in [0.25, 0.3) is 0 Å². The largest absolute Gasteiger partial charge is 1.00 e. The van der Waals surface area contributed by atoms with Gasteiger partial charge in [0, 0.05) is 11.7 Å². The Morgan fingerprint density at radius 2 is 1.93 bits per heavy atom. The first-order valence-corrected chi connectivity index (χ1v) is 4.37.